The molecule has 3 aliphatic rings. The number of fused-ring (bicyclic) bond motifs is 2. The van der Waals surface area contributed by atoms with Gasteiger partial charge in [-0.25, -0.2) is 0 Å². The molecule has 1 atom stereocenters. The molecule has 1 fully saturated rings. The van der Waals surface area contributed by atoms with E-state index in [2.05, 4.69) is 12.2 Å². The van der Waals surface area contributed by atoms with E-state index in [1.165, 1.54) is 24.2 Å². The Labute approximate surface area is 194 Å². The number of hydrogen-bond acceptors (Lipinski definition) is 7. The summed E-state index contributed by atoms with van der Waals surface area (Å²) in [6.45, 7) is 5.66. The fraction of sp³-hybridized carbons (Fsp3) is 0.583. The summed E-state index contributed by atoms with van der Waals surface area (Å²) in [6.07, 6.45) is 5.68. The largest absolute Gasteiger partial charge is 0.454 e. The van der Waals surface area contributed by atoms with Gasteiger partial charge >= 0.3 is 0 Å². The minimum atomic E-state index is -1.01. The third kappa shape index (κ3) is 3.99. The highest BCUT2D eigenvalue weighted by molar-refractivity contribution is 6.00. The number of anilines is 2. The highest BCUT2D eigenvalue weighted by atomic mass is 16.7. The minimum absolute atomic E-state index is 0.197. The average molecular weight is 456 g/mol. The fourth-order valence-electron chi connectivity index (χ4n) is 5.05. The lowest BCUT2D eigenvalue weighted by molar-refractivity contribution is 0.00281. The standard InChI is InChI=1S/C24H33N5O4/c1-3-12-28-21-20(22(30)27(4-2)24(28)31)29(23(26-21)25-17-8-6-5-7-9-17)14-16-10-11-18-19(13-16)33-15-32-18/h10-11,13,17,24,31H,3-9,12,14-15H2,1-2H3,(H,25,26). The zero-order chi connectivity index (χ0) is 22.9. The number of carbonyl (C=O) groups is 1. The normalized spacial score (nSPS) is 20.3. The van der Waals surface area contributed by atoms with Gasteiger partial charge in [-0.05, 0) is 43.9 Å². The van der Waals surface area contributed by atoms with Crippen molar-refractivity contribution in [2.75, 3.05) is 30.1 Å². The summed E-state index contributed by atoms with van der Waals surface area (Å²) in [5.74, 6) is 2.49. The van der Waals surface area contributed by atoms with Crippen LogP contribution < -0.4 is 19.7 Å². The molecule has 0 radical (unpaired) electrons. The van der Waals surface area contributed by atoms with Gasteiger partial charge in [0, 0.05) is 19.1 Å². The molecular weight excluding hydrogens is 422 g/mol. The molecular formula is C24H33N5O4. The smallest absolute Gasteiger partial charge is 0.277 e. The number of nitrogens with zero attached hydrogens (tertiary/aromatic N) is 4. The first-order chi connectivity index (χ1) is 16.1. The summed E-state index contributed by atoms with van der Waals surface area (Å²) in [5, 5.41) is 14.6. The van der Waals surface area contributed by atoms with Crippen LogP contribution in [0.3, 0.4) is 0 Å². The van der Waals surface area contributed by atoms with E-state index in [4.69, 9.17) is 14.5 Å². The van der Waals surface area contributed by atoms with E-state index in [1.54, 1.807) is 0 Å². The van der Waals surface area contributed by atoms with Gasteiger partial charge < -0.3 is 24.8 Å². The molecule has 3 heterocycles. The highest BCUT2D eigenvalue weighted by Gasteiger charge is 2.40. The van der Waals surface area contributed by atoms with Gasteiger partial charge in [-0.2, -0.15) is 4.98 Å². The summed E-state index contributed by atoms with van der Waals surface area (Å²) >= 11 is 0. The van der Waals surface area contributed by atoms with E-state index in [0.29, 0.717) is 48.9 Å². The molecule has 9 heteroatoms. The average Bonchev–Trinajstić information content (AvgIpc) is 3.42. The van der Waals surface area contributed by atoms with Crippen LogP contribution in [0.4, 0.5) is 11.8 Å². The fourth-order valence-corrected chi connectivity index (χ4v) is 5.05. The molecule has 9 nitrogen and oxygen atoms in total. The lowest BCUT2D eigenvalue weighted by Gasteiger charge is -2.40. The number of hydrogen-bond donors (Lipinski definition) is 2. The lowest BCUT2D eigenvalue weighted by atomic mass is 9.96. The second-order valence-corrected chi connectivity index (χ2v) is 8.99. The van der Waals surface area contributed by atoms with Crippen LogP contribution >= 0.6 is 0 Å². The summed E-state index contributed by atoms with van der Waals surface area (Å²) in [7, 11) is 0. The highest BCUT2D eigenvalue weighted by Crippen LogP contribution is 2.36. The maximum atomic E-state index is 13.5. The van der Waals surface area contributed by atoms with Crippen LogP contribution in [0, 0.1) is 0 Å². The number of benzene rings is 1. The molecule has 1 aromatic carbocycles. The van der Waals surface area contributed by atoms with Gasteiger partial charge in [-0.3, -0.25) is 14.3 Å². The van der Waals surface area contributed by atoms with Gasteiger partial charge in [0.25, 0.3) is 5.91 Å². The maximum Gasteiger partial charge on any atom is 0.277 e. The van der Waals surface area contributed by atoms with Crippen molar-refractivity contribution in [2.24, 2.45) is 0 Å². The molecule has 178 valence electrons. The first-order valence-corrected chi connectivity index (χ1v) is 12.1. The predicted molar refractivity (Wildman–Crippen MR) is 125 cm³/mol. The first kappa shape index (κ1) is 21.9. The second kappa shape index (κ2) is 9.13. The Hall–Kier alpha value is -2.94. The second-order valence-electron chi connectivity index (χ2n) is 8.99. The van der Waals surface area contributed by atoms with Gasteiger partial charge in [0.05, 0.1) is 6.54 Å². The van der Waals surface area contributed by atoms with Crippen LogP contribution in [0.1, 0.15) is 68.4 Å². The van der Waals surface area contributed by atoms with Crippen LogP contribution in [0.5, 0.6) is 11.5 Å². The first-order valence-electron chi connectivity index (χ1n) is 12.1. The van der Waals surface area contributed by atoms with Crippen LogP contribution in [0.2, 0.25) is 0 Å². The number of nitrogens with one attached hydrogen (secondary N) is 1. The minimum Gasteiger partial charge on any atom is -0.454 e. The maximum absolute atomic E-state index is 13.5. The molecule has 2 N–H and O–H groups in total. The Morgan fingerprint density at radius 3 is 2.67 bits per heavy atom. The van der Waals surface area contributed by atoms with Crippen molar-refractivity contribution < 1.29 is 19.4 Å². The third-order valence-corrected chi connectivity index (χ3v) is 6.76. The summed E-state index contributed by atoms with van der Waals surface area (Å²) < 4.78 is 13.0. The molecule has 0 bridgehead atoms. The molecule has 1 aliphatic carbocycles. The Morgan fingerprint density at radius 2 is 1.91 bits per heavy atom. The number of aliphatic hydroxyl groups is 1. The zero-order valence-electron chi connectivity index (χ0n) is 19.4. The van der Waals surface area contributed by atoms with E-state index in [-0.39, 0.29) is 12.7 Å². The van der Waals surface area contributed by atoms with E-state index in [9.17, 15) is 9.90 Å². The van der Waals surface area contributed by atoms with Crippen LogP contribution in [-0.4, -0.2) is 57.7 Å². The van der Waals surface area contributed by atoms with Crippen molar-refractivity contribution in [2.45, 2.75) is 71.3 Å². The van der Waals surface area contributed by atoms with Gasteiger partial charge in [0.1, 0.15) is 0 Å². The quantitative estimate of drug-likeness (QED) is 0.661. The van der Waals surface area contributed by atoms with Gasteiger partial charge in [0.2, 0.25) is 19.1 Å². The van der Waals surface area contributed by atoms with Gasteiger partial charge in [-0.1, -0.05) is 32.3 Å². The Balaban J connectivity index is 1.57. The van der Waals surface area contributed by atoms with Crippen molar-refractivity contribution in [3.63, 3.8) is 0 Å². The molecule has 1 amide bonds. The summed E-state index contributed by atoms with van der Waals surface area (Å²) in [5.41, 5.74) is 1.52. The molecule has 0 spiro atoms. The van der Waals surface area contributed by atoms with Crippen molar-refractivity contribution in [3.8, 4) is 11.5 Å². The number of carbonyl (C=O) groups excluding carboxylic acids is 1. The molecule has 2 aromatic rings. The van der Waals surface area contributed by atoms with Crippen molar-refractivity contribution in [1.29, 1.82) is 0 Å². The van der Waals surface area contributed by atoms with Crippen molar-refractivity contribution >= 4 is 17.7 Å². The van der Waals surface area contributed by atoms with E-state index < -0.39 is 6.35 Å². The SMILES string of the molecule is CCCN1c2nc(NC3CCCCC3)n(Cc3ccc4c(c3)OCO4)c2C(=O)N(CC)C1O. The Bertz CT molecular complexity index is 1020. The third-order valence-electron chi connectivity index (χ3n) is 6.76. The van der Waals surface area contributed by atoms with Gasteiger partial charge in [0.15, 0.2) is 23.0 Å². The van der Waals surface area contributed by atoms with Gasteiger partial charge in [-0.15, -0.1) is 0 Å². The molecule has 2 aliphatic heterocycles. The molecule has 0 saturated heterocycles. The number of ether oxygens (including phenoxy) is 2. The molecule has 5 rings (SSSR count). The Morgan fingerprint density at radius 1 is 1.12 bits per heavy atom. The van der Waals surface area contributed by atoms with E-state index >= 15 is 0 Å². The van der Waals surface area contributed by atoms with Crippen LogP contribution in [0.25, 0.3) is 0 Å². The molecule has 33 heavy (non-hydrogen) atoms. The zero-order valence-corrected chi connectivity index (χ0v) is 19.4. The molecule has 1 saturated carbocycles. The monoisotopic (exact) mass is 455 g/mol. The Kier molecular flexibility index (Phi) is 6.05. The molecule has 1 aromatic heterocycles. The molecule has 1 unspecified atom stereocenters. The van der Waals surface area contributed by atoms with E-state index in [1.807, 2.05) is 34.6 Å². The summed E-state index contributed by atoms with van der Waals surface area (Å²) in [6, 6.07) is 6.19. The predicted octanol–water partition coefficient (Wildman–Crippen LogP) is 3.37. The van der Waals surface area contributed by atoms with Crippen LogP contribution in [0.15, 0.2) is 18.2 Å². The van der Waals surface area contributed by atoms with Crippen molar-refractivity contribution in [1.82, 2.24) is 14.5 Å². The van der Waals surface area contributed by atoms with Crippen LogP contribution in [-0.2, 0) is 6.54 Å². The topological polar surface area (TPSA) is 92.1 Å². The lowest BCUT2D eigenvalue weighted by Crippen LogP contribution is -2.56. The number of rotatable bonds is 7. The number of aliphatic hydroxyl groups excluding tert-OH is 1. The van der Waals surface area contributed by atoms with Crippen molar-refractivity contribution in [3.05, 3.63) is 29.5 Å². The number of aromatic nitrogens is 2. The number of imidazole rings is 1. The number of amides is 1. The van der Waals surface area contributed by atoms with E-state index in [0.717, 1.165) is 30.6 Å². The summed E-state index contributed by atoms with van der Waals surface area (Å²) in [4.78, 5) is 21.8.